The lowest BCUT2D eigenvalue weighted by molar-refractivity contribution is 1.07. The van der Waals surface area contributed by atoms with Crippen molar-refractivity contribution in [1.29, 1.82) is 0 Å². The zero-order valence-corrected chi connectivity index (χ0v) is 29.3. The zero-order chi connectivity index (χ0) is 35.9. The molecular weight excluding hydrogens is 647 g/mol. The summed E-state index contributed by atoms with van der Waals surface area (Å²) in [7, 11) is 0. The Bertz CT molecular complexity index is 2700. The molecule has 0 aliphatic rings. The van der Waals surface area contributed by atoms with Gasteiger partial charge in [0.2, 0.25) is 0 Å². The third-order valence-corrected chi connectivity index (χ3v) is 9.98. The molecule has 0 radical (unpaired) electrons. The molecule has 0 atom stereocenters. The molecule has 7 aromatic carbocycles. The highest BCUT2D eigenvalue weighted by Gasteiger charge is 2.19. The van der Waals surface area contributed by atoms with E-state index in [1.807, 2.05) is 72.8 Å². The van der Waals surface area contributed by atoms with E-state index in [1.54, 1.807) is 0 Å². The molecule has 0 saturated carbocycles. The zero-order valence-electron chi connectivity index (χ0n) is 29.3. The number of aryl methyl sites for hydroxylation is 2. The fraction of sp³-hybridized carbons (Fsp3) is 0.0417. The van der Waals surface area contributed by atoms with Gasteiger partial charge in [-0.1, -0.05) is 127 Å². The summed E-state index contributed by atoms with van der Waals surface area (Å²) in [6.07, 6.45) is 0. The van der Waals surface area contributed by atoms with Crippen molar-refractivity contribution in [3.8, 4) is 62.1 Å². The van der Waals surface area contributed by atoms with Crippen molar-refractivity contribution in [1.82, 2.24) is 19.5 Å². The van der Waals surface area contributed by atoms with Gasteiger partial charge in [-0.15, -0.1) is 0 Å². The minimum absolute atomic E-state index is 0.461. The topological polar surface area (TPSA) is 48.0 Å². The molecule has 9 rings (SSSR count). The number of aromatic nitrogens is 4. The van der Waals surface area contributed by atoms with Crippen molar-refractivity contribution in [2.24, 2.45) is 0 Å². The molecule has 9 aromatic rings. The summed E-state index contributed by atoms with van der Waals surface area (Å²) in [4.78, 5) is 18.7. The monoisotopic (exact) mass is 679 g/mol. The second-order valence-corrected chi connectivity index (χ2v) is 13.3. The van der Waals surface area contributed by atoms with Gasteiger partial charge in [-0.05, 0) is 83.6 Å². The van der Waals surface area contributed by atoms with Crippen LogP contribution in [0.15, 0.2) is 164 Å². The van der Waals surface area contributed by atoms with Crippen LogP contribution in [0.4, 0.5) is 5.69 Å². The van der Waals surface area contributed by atoms with Crippen LogP contribution in [-0.4, -0.2) is 19.5 Å². The Balaban J connectivity index is 1.24. The number of hydrogen-bond donors (Lipinski definition) is 0. The van der Waals surface area contributed by atoms with Crippen molar-refractivity contribution in [2.75, 3.05) is 0 Å². The van der Waals surface area contributed by atoms with Gasteiger partial charge < -0.3 is 4.57 Å². The summed E-state index contributed by atoms with van der Waals surface area (Å²) in [6, 6.07) is 56.3. The first-order chi connectivity index (χ1) is 26.1. The van der Waals surface area contributed by atoms with Gasteiger partial charge in [-0.2, -0.15) is 0 Å². The Labute approximate surface area is 308 Å². The molecule has 0 spiro atoms. The average molecular weight is 680 g/mol. The fourth-order valence-corrected chi connectivity index (χ4v) is 7.30. The SMILES string of the molecule is [C-]#[N+]c1cc(-n2c3ccc(-c4ccccc4C)cc3c3cc(-c4ccccc4C)ccc32)ccc1-c1nc(-c2ccccc2)nc(-c2ccccc2)n1. The minimum Gasteiger partial charge on any atom is -0.311 e. The summed E-state index contributed by atoms with van der Waals surface area (Å²) in [5.41, 5.74) is 13.2. The van der Waals surface area contributed by atoms with Crippen LogP contribution in [0.25, 0.3) is 88.8 Å². The first-order valence-corrected chi connectivity index (χ1v) is 17.6. The van der Waals surface area contributed by atoms with Gasteiger partial charge >= 0.3 is 0 Å². The highest BCUT2D eigenvalue weighted by Crippen LogP contribution is 2.40. The van der Waals surface area contributed by atoms with Gasteiger partial charge in [0.1, 0.15) is 0 Å². The Morgan fingerprint density at radius 1 is 0.434 bits per heavy atom. The van der Waals surface area contributed by atoms with Crippen molar-refractivity contribution < 1.29 is 0 Å². The summed E-state index contributed by atoms with van der Waals surface area (Å²) in [5.74, 6) is 1.58. The molecule has 53 heavy (non-hydrogen) atoms. The molecule has 0 unspecified atom stereocenters. The molecule has 0 aliphatic carbocycles. The second-order valence-electron chi connectivity index (χ2n) is 13.3. The first kappa shape index (κ1) is 31.8. The molecule has 0 fully saturated rings. The average Bonchev–Trinajstić information content (AvgIpc) is 3.54. The predicted molar refractivity (Wildman–Crippen MR) is 217 cm³/mol. The van der Waals surface area contributed by atoms with E-state index in [0.717, 1.165) is 38.6 Å². The van der Waals surface area contributed by atoms with E-state index in [0.29, 0.717) is 28.7 Å². The van der Waals surface area contributed by atoms with Crippen LogP contribution in [0.5, 0.6) is 0 Å². The molecule has 2 aromatic heterocycles. The van der Waals surface area contributed by atoms with Crippen LogP contribution >= 0.6 is 0 Å². The summed E-state index contributed by atoms with van der Waals surface area (Å²) in [5, 5.41) is 2.31. The third-order valence-electron chi connectivity index (χ3n) is 9.98. The van der Waals surface area contributed by atoms with E-state index < -0.39 is 0 Å². The highest BCUT2D eigenvalue weighted by molar-refractivity contribution is 6.12. The molecule has 5 heteroatoms. The third kappa shape index (κ3) is 5.73. The largest absolute Gasteiger partial charge is 0.311 e. The van der Waals surface area contributed by atoms with E-state index >= 15 is 0 Å². The standard InChI is InChI=1S/C48H33N5/c1-31-14-10-12-20-38(31)35-22-26-44-41(28-35)42-29-36(39-21-13-11-15-32(39)2)23-27-45(42)53(44)37-24-25-40(43(30-37)49-3)48-51-46(33-16-6-4-7-17-33)50-47(52-48)34-18-8-5-9-19-34/h4-30H,1-2H3. The maximum absolute atomic E-state index is 8.35. The lowest BCUT2D eigenvalue weighted by Crippen LogP contribution is -2.01. The lowest BCUT2D eigenvalue weighted by Gasteiger charge is -2.13. The number of fused-ring (bicyclic) bond motifs is 3. The van der Waals surface area contributed by atoms with E-state index in [9.17, 15) is 0 Å². The second kappa shape index (κ2) is 13.2. The molecule has 0 N–H and O–H groups in total. The Morgan fingerprint density at radius 2 is 0.906 bits per heavy atom. The van der Waals surface area contributed by atoms with Crippen LogP contribution in [-0.2, 0) is 0 Å². The normalized spacial score (nSPS) is 11.2. The predicted octanol–water partition coefficient (Wildman–Crippen LogP) is 12.5. The van der Waals surface area contributed by atoms with E-state index in [2.05, 4.69) is 114 Å². The first-order valence-electron chi connectivity index (χ1n) is 17.6. The van der Waals surface area contributed by atoms with E-state index in [4.69, 9.17) is 21.5 Å². The van der Waals surface area contributed by atoms with Gasteiger partial charge in [0.15, 0.2) is 23.2 Å². The van der Waals surface area contributed by atoms with Crippen molar-refractivity contribution in [3.05, 3.63) is 186 Å². The van der Waals surface area contributed by atoms with E-state index in [-0.39, 0.29) is 0 Å². The van der Waals surface area contributed by atoms with Crippen LogP contribution in [0.2, 0.25) is 0 Å². The van der Waals surface area contributed by atoms with Crippen molar-refractivity contribution >= 4 is 27.5 Å². The van der Waals surface area contributed by atoms with Crippen LogP contribution in [0.1, 0.15) is 11.1 Å². The Kier molecular flexibility index (Phi) is 7.91. The minimum atomic E-state index is 0.461. The molecule has 0 aliphatic heterocycles. The van der Waals surface area contributed by atoms with Gasteiger partial charge in [0.25, 0.3) is 0 Å². The van der Waals surface area contributed by atoms with Crippen LogP contribution in [0.3, 0.4) is 0 Å². The molecule has 0 saturated heterocycles. The highest BCUT2D eigenvalue weighted by atomic mass is 15.0. The van der Waals surface area contributed by atoms with Gasteiger partial charge in [0, 0.05) is 33.2 Å². The lowest BCUT2D eigenvalue weighted by atomic mass is 9.97. The van der Waals surface area contributed by atoms with Gasteiger partial charge in [0.05, 0.1) is 17.6 Å². The molecule has 5 nitrogen and oxygen atoms in total. The van der Waals surface area contributed by atoms with E-state index in [1.165, 1.54) is 33.4 Å². The summed E-state index contributed by atoms with van der Waals surface area (Å²) in [6.45, 7) is 12.7. The number of benzene rings is 7. The Morgan fingerprint density at radius 3 is 1.40 bits per heavy atom. The van der Waals surface area contributed by atoms with Crippen LogP contribution in [0, 0.1) is 20.4 Å². The molecule has 250 valence electrons. The summed E-state index contributed by atoms with van der Waals surface area (Å²) >= 11 is 0. The summed E-state index contributed by atoms with van der Waals surface area (Å²) < 4.78 is 2.27. The maximum Gasteiger partial charge on any atom is 0.200 e. The number of rotatable bonds is 6. The quantitative estimate of drug-likeness (QED) is 0.164. The molecule has 0 bridgehead atoms. The van der Waals surface area contributed by atoms with Crippen LogP contribution < -0.4 is 0 Å². The molecular formula is C48H33N5. The Hall–Kier alpha value is -7.16. The van der Waals surface area contributed by atoms with Gasteiger partial charge in [-0.25, -0.2) is 19.8 Å². The fourth-order valence-electron chi connectivity index (χ4n) is 7.30. The smallest absolute Gasteiger partial charge is 0.200 e. The van der Waals surface area contributed by atoms with Crippen molar-refractivity contribution in [2.45, 2.75) is 13.8 Å². The van der Waals surface area contributed by atoms with Crippen molar-refractivity contribution in [3.63, 3.8) is 0 Å². The number of nitrogens with zero attached hydrogens (tertiary/aromatic N) is 5. The molecule has 2 heterocycles. The number of hydrogen-bond acceptors (Lipinski definition) is 3. The molecule has 0 amide bonds. The maximum atomic E-state index is 8.35. The van der Waals surface area contributed by atoms with Gasteiger partial charge in [-0.3, -0.25) is 0 Å².